The highest BCUT2D eigenvalue weighted by Crippen LogP contribution is 2.29. The number of likely N-dealkylation sites (tertiary alicyclic amines) is 1. The van der Waals surface area contributed by atoms with E-state index in [9.17, 15) is 13.2 Å². The Kier molecular flexibility index (Phi) is 7.56. The summed E-state index contributed by atoms with van der Waals surface area (Å²) < 4.78 is 39.4. The lowest BCUT2D eigenvalue weighted by Crippen LogP contribution is -2.51. The molecule has 1 N–H and O–H groups in total. The molecule has 31 heavy (non-hydrogen) atoms. The number of benzene rings is 2. The predicted octanol–water partition coefficient (Wildman–Crippen LogP) is 2.85. The van der Waals surface area contributed by atoms with Crippen molar-refractivity contribution >= 4 is 15.9 Å². The van der Waals surface area contributed by atoms with E-state index in [1.165, 1.54) is 32.4 Å². The summed E-state index contributed by atoms with van der Waals surface area (Å²) in [7, 11) is -1.04. The van der Waals surface area contributed by atoms with Gasteiger partial charge in [0.1, 0.15) is 6.04 Å². The van der Waals surface area contributed by atoms with E-state index >= 15 is 0 Å². The van der Waals surface area contributed by atoms with Crippen molar-refractivity contribution in [2.45, 2.75) is 37.1 Å². The molecule has 3 rings (SSSR count). The zero-order valence-corrected chi connectivity index (χ0v) is 19.0. The van der Waals surface area contributed by atoms with Crippen molar-refractivity contribution in [3.8, 4) is 11.5 Å². The maximum absolute atomic E-state index is 13.3. The number of sulfonamides is 1. The molecule has 2 aromatic rings. The summed E-state index contributed by atoms with van der Waals surface area (Å²) in [5.74, 6) is 1.11. The molecule has 1 fully saturated rings. The van der Waals surface area contributed by atoms with Gasteiger partial charge in [-0.25, -0.2) is 8.42 Å². The molecule has 1 aliphatic heterocycles. The number of rotatable bonds is 8. The largest absolute Gasteiger partial charge is 0.493 e. The Labute approximate surface area is 184 Å². The molecule has 7 nitrogen and oxygen atoms in total. The van der Waals surface area contributed by atoms with Crippen LogP contribution in [0.4, 0.5) is 0 Å². The normalized spacial score (nSPS) is 16.0. The summed E-state index contributed by atoms with van der Waals surface area (Å²) in [6.07, 6.45) is 2.12. The molecule has 1 atom stereocenters. The second-order valence-electron chi connectivity index (χ2n) is 7.89. The van der Waals surface area contributed by atoms with Crippen molar-refractivity contribution in [1.29, 1.82) is 0 Å². The molecule has 0 spiro atoms. The van der Waals surface area contributed by atoms with Gasteiger partial charge in [0.2, 0.25) is 15.9 Å². The van der Waals surface area contributed by atoms with Crippen LogP contribution in [0, 0.1) is 5.92 Å². The number of piperidine rings is 1. The first kappa shape index (κ1) is 23.1. The smallest absolute Gasteiger partial charge is 0.241 e. The highest BCUT2D eigenvalue weighted by atomic mass is 32.2. The minimum Gasteiger partial charge on any atom is -0.493 e. The van der Waals surface area contributed by atoms with Crippen LogP contribution in [0.3, 0.4) is 0 Å². The molecule has 0 radical (unpaired) electrons. The van der Waals surface area contributed by atoms with Gasteiger partial charge in [0, 0.05) is 19.2 Å². The number of nitrogens with one attached hydrogen (secondary N) is 1. The number of carbonyl (C=O) groups is 1. The molecule has 1 aliphatic rings. The first-order valence-corrected chi connectivity index (χ1v) is 11.9. The summed E-state index contributed by atoms with van der Waals surface area (Å²) >= 11 is 0. The Morgan fingerprint density at radius 1 is 1.06 bits per heavy atom. The fourth-order valence-corrected chi connectivity index (χ4v) is 4.92. The monoisotopic (exact) mass is 446 g/mol. The molecule has 0 aromatic heterocycles. The van der Waals surface area contributed by atoms with E-state index in [1.54, 1.807) is 4.90 Å². The predicted molar refractivity (Wildman–Crippen MR) is 119 cm³/mol. The van der Waals surface area contributed by atoms with Crippen LogP contribution in [0.15, 0.2) is 53.4 Å². The van der Waals surface area contributed by atoms with Gasteiger partial charge in [0.25, 0.3) is 0 Å². The van der Waals surface area contributed by atoms with Gasteiger partial charge in [-0.1, -0.05) is 37.3 Å². The molecule has 0 aliphatic carbocycles. The molecule has 1 heterocycles. The molecular formula is C23H30N2O5S. The lowest BCUT2D eigenvalue weighted by molar-refractivity contribution is -0.134. The Balaban J connectivity index is 1.87. The Morgan fingerprint density at radius 2 is 1.71 bits per heavy atom. The first-order chi connectivity index (χ1) is 14.8. The Hall–Kier alpha value is -2.58. The number of carbonyl (C=O) groups excluding carboxylic acids is 1. The molecule has 0 saturated carbocycles. The fraction of sp³-hybridized carbons (Fsp3) is 0.435. The van der Waals surface area contributed by atoms with E-state index in [4.69, 9.17) is 9.47 Å². The topological polar surface area (TPSA) is 84.9 Å². The number of ether oxygens (including phenoxy) is 2. The van der Waals surface area contributed by atoms with E-state index in [1.807, 2.05) is 30.3 Å². The summed E-state index contributed by atoms with van der Waals surface area (Å²) in [5.41, 5.74) is 0.890. The molecule has 2 aromatic carbocycles. The van der Waals surface area contributed by atoms with E-state index in [2.05, 4.69) is 11.6 Å². The average Bonchev–Trinajstić information content (AvgIpc) is 2.78. The van der Waals surface area contributed by atoms with Crippen LogP contribution in [0.25, 0.3) is 0 Å². The molecule has 8 heteroatoms. The minimum atomic E-state index is -3.96. The van der Waals surface area contributed by atoms with Crippen molar-refractivity contribution in [3.05, 3.63) is 54.1 Å². The van der Waals surface area contributed by atoms with E-state index in [-0.39, 0.29) is 17.2 Å². The molecule has 0 bridgehead atoms. The van der Waals surface area contributed by atoms with Crippen LogP contribution < -0.4 is 14.2 Å². The lowest BCUT2D eigenvalue weighted by atomic mass is 9.98. The zero-order chi connectivity index (χ0) is 22.4. The molecule has 0 unspecified atom stereocenters. The average molecular weight is 447 g/mol. The summed E-state index contributed by atoms with van der Waals surface area (Å²) in [5, 5.41) is 0. The lowest BCUT2D eigenvalue weighted by Gasteiger charge is -2.33. The van der Waals surface area contributed by atoms with Gasteiger partial charge in [0.15, 0.2) is 11.5 Å². The number of hydrogen-bond donors (Lipinski definition) is 1. The minimum absolute atomic E-state index is 0.0169. The molecule has 1 amide bonds. The van der Waals surface area contributed by atoms with Crippen LogP contribution >= 0.6 is 0 Å². The molecule has 168 valence electrons. The van der Waals surface area contributed by atoms with Crippen molar-refractivity contribution in [3.63, 3.8) is 0 Å². The van der Waals surface area contributed by atoms with Gasteiger partial charge in [-0.2, -0.15) is 4.72 Å². The third kappa shape index (κ3) is 5.77. The second kappa shape index (κ2) is 10.2. The van der Waals surface area contributed by atoms with Gasteiger partial charge in [0.05, 0.1) is 19.1 Å². The zero-order valence-electron chi connectivity index (χ0n) is 18.2. The van der Waals surface area contributed by atoms with Crippen molar-refractivity contribution in [2.75, 3.05) is 27.3 Å². The number of methoxy groups -OCH3 is 2. The van der Waals surface area contributed by atoms with E-state index < -0.39 is 16.1 Å². The van der Waals surface area contributed by atoms with Gasteiger partial charge in [-0.3, -0.25) is 4.79 Å². The van der Waals surface area contributed by atoms with Gasteiger partial charge < -0.3 is 14.4 Å². The number of nitrogens with zero attached hydrogens (tertiary/aromatic N) is 1. The Morgan fingerprint density at radius 3 is 2.32 bits per heavy atom. The maximum Gasteiger partial charge on any atom is 0.241 e. The third-order valence-electron chi connectivity index (χ3n) is 5.64. The van der Waals surface area contributed by atoms with Crippen molar-refractivity contribution in [2.24, 2.45) is 5.92 Å². The van der Waals surface area contributed by atoms with Crippen LogP contribution in [0.2, 0.25) is 0 Å². The summed E-state index contributed by atoms with van der Waals surface area (Å²) in [6, 6.07) is 12.9. The van der Waals surface area contributed by atoms with E-state index in [0.29, 0.717) is 30.5 Å². The van der Waals surface area contributed by atoms with Crippen LogP contribution in [-0.4, -0.2) is 52.6 Å². The SMILES string of the molecule is COc1ccc(S(=O)(=O)N[C@H](Cc2ccccc2)C(=O)N2CCC(C)CC2)cc1OC. The van der Waals surface area contributed by atoms with Crippen molar-refractivity contribution in [1.82, 2.24) is 9.62 Å². The van der Waals surface area contributed by atoms with Crippen LogP contribution in [0.1, 0.15) is 25.3 Å². The molecule has 1 saturated heterocycles. The third-order valence-corrected chi connectivity index (χ3v) is 7.11. The van der Waals surface area contributed by atoms with Crippen LogP contribution in [-0.2, 0) is 21.2 Å². The highest BCUT2D eigenvalue weighted by Gasteiger charge is 2.31. The molecular weight excluding hydrogens is 416 g/mol. The van der Waals surface area contributed by atoms with Crippen molar-refractivity contribution < 1.29 is 22.7 Å². The highest BCUT2D eigenvalue weighted by molar-refractivity contribution is 7.89. The quantitative estimate of drug-likeness (QED) is 0.674. The number of amides is 1. The Bertz CT molecular complexity index is 986. The first-order valence-electron chi connectivity index (χ1n) is 10.4. The fourth-order valence-electron chi connectivity index (χ4n) is 3.72. The van der Waals surface area contributed by atoms with Gasteiger partial charge in [-0.05, 0) is 42.9 Å². The van der Waals surface area contributed by atoms with Crippen LogP contribution in [0.5, 0.6) is 11.5 Å². The summed E-state index contributed by atoms with van der Waals surface area (Å²) in [6.45, 7) is 3.45. The van der Waals surface area contributed by atoms with E-state index in [0.717, 1.165) is 18.4 Å². The van der Waals surface area contributed by atoms with Gasteiger partial charge >= 0.3 is 0 Å². The second-order valence-corrected chi connectivity index (χ2v) is 9.60. The standard InChI is InChI=1S/C23H30N2O5S/c1-17-11-13-25(14-12-17)23(26)20(15-18-7-5-4-6-8-18)24-31(27,28)19-9-10-21(29-2)22(16-19)30-3/h4-10,16-17,20,24H,11-15H2,1-3H3/t20-/m1/s1. The maximum atomic E-state index is 13.3. The summed E-state index contributed by atoms with van der Waals surface area (Å²) in [4.78, 5) is 15.1. The number of hydrogen-bond acceptors (Lipinski definition) is 5. The van der Waals surface area contributed by atoms with Gasteiger partial charge in [-0.15, -0.1) is 0 Å².